The molecule has 0 atom stereocenters. The second-order valence-electron chi connectivity index (χ2n) is 8.12. The molecule has 0 unspecified atom stereocenters. The summed E-state index contributed by atoms with van der Waals surface area (Å²) in [6, 6.07) is 11.5. The molecule has 0 saturated carbocycles. The van der Waals surface area contributed by atoms with Crippen LogP contribution in [0, 0.1) is 0 Å². The second-order valence-corrected chi connectivity index (χ2v) is 8.55. The van der Waals surface area contributed by atoms with E-state index in [0.717, 1.165) is 31.7 Å². The topological polar surface area (TPSA) is 41.6 Å². The molecule has 1 saturated heterocycles. The van der Waals surface area contributed by atoms with Gasteiger partial charge in [-0.1, -0.05) is 23.7 Å². The van der Waals surface area contributed by atoms with Crippen LogP contribution in [0.25, 0.3) is 0 Å². The Morgan fingerprint density at radius 2 is 1.81 bits per heavy atom. The Hall–Kier alpha value is -2.25. The van der Waals surface area contributed by atoms with Crippen molar-refractivity contribution in [3.63, 3.8) is 0 Å². The molecule has 1 aliphatic heterocycles. The molecule has 31 heavy (non-hydrogen) atoms. The van der Waals surface area contributed by atoms with Gasteiger partial charge in [-0.15, -0.1) is 0 Å². The summed E-state index contributed by atoms with van der Waals surface area (Å²) in [5, 5.41) is 2.94. The van der Waals surface area contributed by atoms with E-state index in [0.29, 0.717) is 11.6 Å². The highest BCUT2D eigenvalue weighted by Crippen LogP contribution is 2.38. The number of anilines is 1. The summed E-state index contributed by atoms with van der Waals surface area (Å²) in [7, 11) is 0. The van der Waals surface area contributed by atoms with Crippen LogP contribution in [0.3, 0.4) is 0 Å². The lowest BCUT2D eigenvalue weighted by Gasteiger charge is -2.39. The normalized spacial score (nSPS) is 16.7. The maximum Gasteiger partial charge on any atom is 0.418 e. The average Bonchev–Trinajstić information content (AvgIpc) is 2.68. The van der Waals surface area contributed by atoms with Crippen molar-refractivity contribution in [2.24, 2.45) is 0 Å². The van der Waals surface area contributed by atoms with Gasteiger partial charge in [0.25, 0.3) is 0 Å². The van der Waals surface area contributed by atoms with Gasteiger partial charge in [-0.3, -0.25) is 4.79 Å². The molecule has 1 heterocycles. The van der Waals surface area contributed by atoms with Crippen LogP contribution < -0.4 is 10.1 Å². The first kappa shape index (κ1) is 23.4. The third-order valence-corrected chi connectivity index (χ3v) is 5.79. The van der Waals surface area contributed by atoms with E-state index in [-0.39, 0.29) is 23.3 Å². The number of nitrogens with one attached hydrogen (secondary N) is 1. The summed E-state index contributed by atoms with van der Waals surface area (Å²) in [6.45, 7) is 5.22. The number of halogens is 4. The summed E-state index contributed by atoms with van der Waals surface area (Å²) < 4.78 is 47.2. The Kier molecular flexibility index (Phi) is 7.17. The largest absolute Gasteiger partial charge is 0.487 e. The minimum absolute atomic E-state index is 0.185. The fraction of sp³-hybridized carbons (Fsp3) is 0.435. The number of piperidine rings is 1. The molecule has 168 valence electrons. The van der Waals surface area contributed by atoms with Crippen LogP contribution in [-0.2, 0) is 17.4 Å². The molecule has 0 aromatic heterocycles. The van der Waals surface area contributed by atoms with Gasteiger partial charge in [0.15, 0.2) is 0 Å². The average molecular weight is 455 g/mol. The highest BCUT2D eigenvalue weighted by molar-refractivity contribution is 6.30. The Morgan fingerprint density at radius 1 is 1.16 bits per heavy atom. The smallest absolute Gasteiger partial charge is 0.418 e. The third kappa shape index (κ3) is 6.37. The number of hydrogen-bond donors (Lipinski definition) is 1. The van der Waals surface area contributed by atoms with Crippen molar-refractivity contribution < 1.29 is 22.7 Å². The SMILES string of the molecule is CC(=O)Nc1cccc(CCN2CCC(C)(Oc3ccc(Cl)cc3)CC2)c1C(F)(F)F. The zero-order valence-corrected chi connectivity index (χ0v) is 18.3. The van der Waals surface area contributed by atoms with E-state index in [9.17, 15) is 18.0 Å². The van der Waals surface area contributed by atoms with Crippen LogP contribution >= 0.6 is 11.6 Å². The molecule has 1 fully saturated rings. The molecular weight excluding hydrogens is 429 g/mol. The lowest BCUT2D eigenvalue weighted by molar-refractivity contribution is -0.137. The van der Waals surface area contributed by atoms with Crippen LogP contribution in [0.4, 0.5) is 18.9 Å². The molecule has 2 aromatic carbocycles. The minimum Gasteiger partial charge on any atom is -0.487 e. The van der Waals surface area contributed by atoms with Gasteiger partial charge in [0, 0.05) is 31.6 Å². The number of alkyl halides is 3. The fourth-order valence-electron chi connectivity index (χ4n) is 3.85. The van der Waals surface area contributed by atoms with E-state index < -0.39 is 17.6 Å². The maximum atomic E-state index is 13.7. The quantitative estimate of drug-likeness (QED) is 0.600. The summed E-state index contributed by atoms with van der Waals surface area (Å²) in [6.07, 6.45) is -2.75. The van der Waals surface area contributed by atoms with E-state index in [1.165, 1.54) is 19.1 Å². The van der Waals surface area contributed by atoms with Crippen LogP contribution in [0.2, 0.25) is 5.02 Å². The van der Waals surface area contributed by atoms with Gasteiger partial charge in [-0.05, 0) is 62.1 Å². The molecule has 0 aliphatic carbocycles. The Labute approximate surface area is 185 Å². The first-order valence-corrected chi connectivity index (χ1v) is 10.6. The number of carbonyl (C=O) groups is 1. The third-order valence-electron chi connectivity index (χ3n) is 5.53. The molecule has 0 radical (unpaired) electrons. The van der Waals surface area contributed by atoms with Gasteiger partial charge in [0.2, 0.25) is 5.91 Å². The van der Waals surface area contributed by atoms with Gasteiger partial charge in [-0.2, -0.15) is 13.2 Å². The number of benzene rings is 2. The van der Waals surface area contributed by atoms with Gasteiger partial charge < -0.3 is 15.0 Å². The molecule has 3 rings (SSSR count). The molecule has 2 aromatic rings. The minimum atomic E-state index is -4.54. The monoisotopic (exact) mass is 454 g/mol. The number of nitrogens with zero attached hydrogens (tertiary/aromatic N) is 1. The Morgan fingerprint density at radius 3 is 2.39 bits per heavy atom. The predicted octanol–water partition coefficient (Wildman–Crippen LogP) is 5.79. The maximum absolute atomic E-state index is 13.7. The van der Waals surface area contributed by atoms with Crippen LogP contribution in [-0.4, -0.2) is 36.0 Å². The van der Waals surface area contributed by atoms with Crippen molar-refractivity contribution in [3.8, 4) is 5.75 Å². The van der Waals surface area contributed by atoms with E-state index in [1.807, 2.05) is 12.1 Å². The molecule has 4 nitrogen and oxygen atoms in total. The zero-order valence-electron chi connectivity index (χ0n) is 17.6. The van der Waals surface area contributed by atoms with Crippen molar-refractivity contribution in [2.45, 2.75) is 44.9 Å². The number of hydrogen-bond acceptors (Lipinski definition) is 3. The molecule has 0 spiro atoms. The Bertz CT molecular complexity index is 908. The highest BCUT2D eigenvalue weighted by atomic mass is 35.5. The summed E-state index contributed by atoms with van der Waals surface area (Å²) >= 11 is 5.91. The van der Waals surface area contributed by atoms with Crippen LogP contribution in [0.5, 0.6) is 5.75 Å². The molecule has 0 bridgehead atoms. The fourth-order valence-corrected chi connectivity index (χ4v) is 3.98. The van der Waals surface area contributed by atoms with Gasteiger partial charge >= 0.3 is 6.18 Å². The standard InChI is InChI=1S/C23H26ClF3N2O2/c1-16(30)28-20-5-3-4-17(21(20)23(25,26)27)10-13-29-14-11-22(2,12-15-29)31-19-8-6-18(24)7-9-19/h3-9H,10-15H2,1-2H3,(H,28,30). The van der Waals surface area contributed by atoms with Crippen LogP contribution in [0.1, 0.15) is 37.8 Å². The first-order valence-electron chi connectivity index (χ1n) is 10.2. The molecular formula is C23H26ClF3N2O2. The van der Waals surface area contributed by atoms with E-state index in [2.05, 4.69) is 17.1 Å². The summed E-state index contributed by atoms with van der Waals surface area (Å²) in [5.41, 5.74) is -1.10. The van der Waals surface area contributed by atoms with Gasteiger partial charge in [0.1, 0.15) is 11.4 Å². The molecule has 1 amide bonds. The lowest BCUT2D eigenvalue weighted by Crippen LogP contribution is -2.46. The molecule has 8 heteroatoms. The highest BCUT2D eigenvalue weighted by Gasteiger charge is 2.37. The van der Waals surface area contributed by atoms with Crippen molar-refractivity contribution in [2.75, 3.05) is 25.0 Å². The van der Waals surface area contributed by atoms with Crippen LogP contribution in [0.15, 0.2) is 42.5 Å². The Balaban J connectivity index is 1.61. The second kappa shape index (κ2) is 9.49. The number of likely N-dealkylation sites (tertiary alicyclic amines) is 1. The van der Waals surface area contributed by atoms with Crippen molar-refractivity contribution in [1.29, 1.82) is 0 Å². The van der Waals surface area contributed by atoms with Crippen molar-refractivity contribution >= 4 is 23.2 Å². The van der Waals surface area contributed by atoms with E-state index in [1.54, 1.807) is 18.2 Å². The zero-order chi connectivity index (χ0) is 22.6. The first-order chi connectivity index (χ1) is 14.6. The van der Waals surface area contributed by atoms with Gasteiger partial charge in [-0.25, -0.2) is 0 Å². The predicted molar refractivity (Wildman–Crippen MR) is 116 cm³/mol. The number of carbonyl (C=O) groups excluding carboxylic acids is 1. The van der Waals surface area contributed by atoms with E-state index >= 15 is 0 Å². The van der Waals surface area contributed by atoms with Gasteiger partial charge in [0.05, 0.1) is 11.3 Å². The lowest BCUT2D eigenvalue weighted by atomic mass is 9.92. The molecule has 1 aliphatic rings. The van der Waals surface area contributed by atoms with Crippen molar-refractivity contribution in [1.82, 2.24) is 4.90 Å². The summed E-state index contributed by atoms with van der Waals surface area (Å²) in [5.74, 6) is 0.226. The number of amides is 1. The summed E-state index contributed by atoms with van der Waals surface area (Å²) in [4.78, 5) is 13.5. The molecule has 1 N–H and O–H groups in total. The number of rotatable bonds is 6. The number of ether oxygens (including phenoxy) is 1. The van der Waals surface area contributed by atoms with Crippen molar-refractivity contribution in [3.05, 3.63) is 58.6 Å². The van der Waals surface area contributed by atoms with E-state index in [4.69, 9.17) is 16.3 Å².